The van der Waals surface area contributed by atoms with Crippen LogP contribution >= 0.6 is 23.2 Å². The molecule has 4 N–H and O–H groups in total. The summed E-state index contributed by atoms with van der Waals surface area (Å²) in [6.07, 6.45) is 2.20. The summed E-state index contributed by atoms with van der Waals surface area (Å²) < 4.78 is 0. The van der Waals surface area contributed by atoms with E-state index in [1.165, 1.54) is 0 Å². The lowest BCUT2D eigenvalue weighted by molar-refractivity contribution is 0.181. The van der Waals surface area contributed by atoms with E-state index in [9.17, 15) is 5.11 Å². The quantitative estimate of drug-likeness (QED) is 0.754. The summed E-state index contributed by atoms with van der Waals surface area (Å²) >= 11 is 12.4. The monoisotopic (exact) mass is 284 g/mol. The van der Waals surface area contributed by atoms with Crippen molar-refractivity contribution in [3.8, 4) is 0 Å². The molecule has 1 aromatic carbocycles. The number of aliphatic hydroxyl groups excluding tert-OH is 1. The first-order valence-electron chi connectivity index (χ1n) is 5.91. The summed E-state index contributed by atoms with van der Waals surface area (Å²) in [4.78, 5) is 3.33. The minimum atomic E-state index is -0.548. The van der Waals surface area contributed by atoms with E-state index < -0.39 is 5.54 Å². The second-order valence-corrected chi connectivity index (χ2v) is 5.87. The van der Waals surface area contributed by atoms with Gasteiger partial charge in [-0.3, -0.25) is 0 Å². The van der Waals surface area contributed by atoms with Gasteiger partial charge in [0.1, 0.15) is 0 Å². The third kappa shape index (κ3) is 1.74. The molecule has 5 heteroatoms. The number of benzene rings is 1. The smallest absolute Gasteiger partial charge is 0.0663 e. The highest BCUT2D eigenvalue weighted by Gasteiger charge is 2.32. The van der Waals surface area contributed by atoms with Crippen LogP contribution in [0.4, 0.5) is 0 Å². The summed E-state index contributed by atoms with van der Waals surface area (Å²) in [6, 6.07) is 3.59. The lowest BCUT2D eigenvalue weighted by Gasteiger charge is -2.31. The van der Waals surface area contributed by atoms with Crippen molar-refractivity contribution in [3.05, 3.63) is 33.4 Å². The van der Waals surface area contributed by atoms with Gasteiger partial charge in [-0.15, -0.1) is 0 Å². The van der Waals surface area contributed by atoms with Crippen LogP contribution in [0.3, 0.4) is 0 Å². The van der Waals surface area contributed by atoms with Crippen molar-refractivity contribution in [1.82, 2.24) is 4.98 Å². The molecule has 0 radical (unpaired) electrons. The average Bonchev–Trinajstić information content (AvgIpc) is 2.73. The maximum absolute atomic E-state index is 9.42. The molecule has 0 fully saturated rings. The number of rotatable bonds is 1. The van der Waals surface area contributed by atoms with E-state index in [1.54, 1.807) is 12.1 Å². The third-order valence-corrected chi connectivity index (χ3v) is 4.39. The van der Waals surface area contributed by atoms with Gasteiger partial charge < -0.3 is 15.8 Å². The lowest BCUT2D eigenvalue weighted by atomic mass is 9.81. The average molecular weight is 285 g/mol. The molecule has 0 bridgehead atoms. The van der Waals surface area contributed by atoms with E-state index in [0.29, 0.717) is 16.5 Å². The van der Waals surface area contributed by atoms with Gasteiger partial charge in [0, 0.05) is 16.6 Å². The molecule has 1 atom stereocenters. The van der Waals surface area contributed by atoms with E-state index in [4.69, 9.17) is 28.9 Å². The van der Waals surface area contributed by atoms with Crippen LogP contribution < -0.4 is 5.73 Å². The van der Waals surface area contributed by atoms with E-state index in [1.807, 2.05) is 0 Å². The van der Waals surface area contributed by atoms with Gasteiger partial charge in [0.25, 0.3) is 0 Å². The molecule has 1 aromatic heterocycles. The maximum atomic E-state index is 9.42. The Morgan fingerprint density at radius 2 is 2.06 bits per heavy atom. The lowest BCUT2D eigenvalue weighted by Crippen LogP contribution is -2.48. The molecular weight excluding hydrogens is 271 g/mol. The number of aliphatic hydroxyl groups is 1. The van der Waals surface area contributed by atoms with Gasteiger partial charge in [-0.25, -0.2) is 0 Å². The van der Waals surface area contributed by atoms with Gasteiger partial charge in [-0.05, 0) is 37.0 Å². The number of hydrogen-bond acceptors (Lipinski definition) is 2. The maximum Gasteiger partial charge on any atom is 0.0663 e. The zero-order valence-corrected chi connectivity index (χ0v) is 11.3. The van der Waals surface area contributed by atoms with Crippen LogP contribution in [-0.2, 0) is 12.8 Å². The zero-order valence-electron chi connectivity index (χ0n) is 9.76. The van der Waals surface area contributed by atoms with Gasteiger partial charge in [-0.2, -0.15) is 0 Å². The SMILES string of the molecule is NC1(CO)CCc2[nH]c3c(Cl)ccc(Cl)c3c2C1. The Hall–Kier alpha value is -0.740. The highest BCUT2D eigenvalue weighted by Crippen LogP contribution is 2.38. The number of fused-ring (bicyclic) bond motifs is 3. The number of H-pyrrole nitrogens is 1. The molecule has 3 nitrogen and oxygen atoms in total. The van der Waals surface area contributed by atoms with Gasteiger partial charge >= 0.3 is 0 Å². The molecule has 0 spiro atoms. The van der Waals surface area contributed by atoms with E-state index in [2.05, 4.69) is 4.98 Å². The molecule has 0 saturated heterocycles. The number of aromatic amines is 1. The molecule has 96 valence electrons. The second kappa shape index (κ2) is 4.14. The molecule has 18 heavy (non-hydrogen) atoms. The highest BCUT2D eigenvalue weighted by atomic mass is 35.5. The van der Waals surface area contributed by atoms with Gasteiger partial charge in [0.05, 0.1) is 22.2 Å². The summed E-state index contributed by atoms with van der Waals surface area (Å²) in [5.74, 6) is 0. The van der Waals surface area contributed by atoms with Crippen molar-refractivity contribution in [1.29, 1.82) is 0 Å². The standard InChI is InChI=1S/C13H14Cl2N2O/c14-8-1-2-9(15)12-11(8)7-5-13(16,6-18)4-3-10(7)17-12/h1-2,17-18H,3-6,16H2. The predicted molar refractivity (Wildman–Crippen MR) is 74.3 cm³/mol. The molecule has 3 rings (SSSR count). The van der Waals surface area contributed by atoms with Crippen molar-refractivity contribution in [2.75, 3.05) is 6.61 Å². The Morgan fingerprint density at radius 3 is 2.78 bits per heavy atom. The number of nitrogens with two attached hydrogens (primary N) is 1. The van der Waals surface area contributed by atoms with Crippen molar-refractivity contribution < 1.29 is 5.11 Å². The van der Waals surface area contributed by atoms with E-state index >= 15 is 0 Å². The number of aromatic nitrogens is 1. The van der Waals surface area contributed by atoms with Crippen molar-refractivity contribution >= 4 is 34.1 Å². The van der Waals surface area contributed by atoms with Crippen molar-refractivity contribution in [2.45, 2.75) is 24.8 Å². The Morgan fingerprint density at radius 1 is 1.33 bits per heavy atom. The molecule has 1 aliphatic carbocycles. The van der Waals surface area contributed by atoms with Crippen LogP contribution in [0.25, 0.3) is 10.9 Å². The van der Waals surface area contributed by atoms with Crippen molar-refractivity contribution in [2.24, 2.45) is 5.73 Å². The first-order chi connectivity index (χ1) is 8.54. The fourth-order valence-electron chi connectivity index (χ4n) is 2.70. The Kier molecular flexibility index (Phi) is 2.83. The normalized spacial score (nSPS) is 23.3. The molecule has 0 aliphatic heterocycles. The third-order valence-electron chi connectivity index (χ3n) is 3.76. The predicted octanol–water partition coefficient (Wildman–Crippen LogP) is 2.65. The van der Waals surface area contributed by atoms with E-state index in [-0.39, 0.29) is 6.61 Å². The number of hydrogen-bond donors (Lipinski definition) is 3. The molecule has 2 aromatic rings. The van der Waals surface area contributed by atoms with Crippen molar-refractivity contribution in [3.63, 3.8) is 0 Å². The summed E-state index contributed by atoms with van der Waals surface area (Å²) in [7, 11) is 0. The largest absolute Gasteiger partial charge is 0.394 e. The highest BCUT2D eigenvalue weighted by molar-refractivity contribution is 6.40. The molecule has 1 heterocycles. The van der Waals surface area contributed by atoms with Crippen LogP contribution in [0.15, 0.2) is 12.1 Å². The fraction of sp³-hybridized carbons (Fsp3) is 0.385. The molecule has 1 aliphatic rings. The Bertz CT molecular complexity index is 623. The minimum Gasteiger partial charge on any atom is -0.394 e. The summed E-state index contributed by atoms with van der Waals surface area (Å²) in [5, 5.41) is 11.7. The summed E-state index contributed by atoms with van der Waals surface area (Å²) in [5.41, 5.74) is 8.73. The number of halogens is 2. The molecule has 0 saturated carbocycles. The fourth-order valence-corrected chi connectivity index (χ4v) is 3.18. The topological polar surface area (TPSA) is 62.0 Å². The van der Waals surface area contributed by atoms with E-state index in [0.717, 1.165) is 35.0 Å². The first kappa shape index (κ1) is 12.3. The second-order valence-electron chi connectivity index (χ2n) is 5.06. The van der Waals surface area contributed by atoms with Crippen LogP contribution in [0.2, 0.25) is 10.0 Å². The zero-order chi connectivity index (χ0) is 12.9. The van der Waals surface area contributed by atoms with Crippen LogP contribution in [0.5, 0.6) is 0 Å². The van der Waals surface area contributed by atoms with Gasteiger partial charge in [0.15, 0.2) is 0 Å². The molecule has 1 unspecified atom stereocenters. The number of nitrogens with one attached hydrogen (secondary N) is 1. The Balaban J connectivity index is 2.25. The van der Waals surface area contributed by atoms with Gasteiger partial charge in [0.2, 0.25) is 0 Å². The van der Waals surface area contributed by atoms with Crippen LogP contribution in [0.1, 0.15) is 17.7 Å². The van der Waals surface area contributed by atoms with Gasteiger partial charge in [-0.1, -0.05) is 23.2 Å². The summed E-state index contributed by atoms with van der Waals surface area (Å²) in [6.45, 7) is -0.0166. The first-order valence-corrected chi connectivity index (χ1v) is 6.67. The van der Waals surface area contributed by atoms with Crippen LogP contribution in [-0.4, -0.2) is 22.2 Å². The number of aryl methyl sites for hydroxylation is 1. The Labute approximate surface area is 115 Å². The molecule has 0 amide bonds. The minimum absolute atomic E-state index is 0.0166. The van der Waals surface area contributed by atoms with Crippen LogP contribution in [0, 0.1) is 0 Å². The molecular formula is C13H14Cl2N2O.